The average Bonchev–Trinajstić information content (AvgIpc) is 2.64. The molecule has 3 rings (SSSR count). The molecular formula is C22H23N5O2. The first-order valence-electron chi connectivity index (χ1n) is 9.18. The third kappa shape index (κ3) is 5.16. The Morgan fingerprint density at radius 1 is 0.862 bits per heavy atom. The van der Waals surface area contributed by atoms with E-state index in [-0.39, 0.29) is 17.5 Å². The minimum Gasteiger partial charge on any atom is -0.340 e. The normalized spacial score (nSPS) is 10.3. The average molecular weight is 389 g/mol. The van der Waals surface area contributed by atoms with Crippen molar-refractivity contribution in [3.05, 3.63) is 71.2 Å². The molecule has 0 aliphatic rings. The molecule has 0 saturated carbocycles. The van der Waals surface area contributed by atoms with E-state index in [1.807, 2.05) is 13.8 Å². The van der Waals surface area contributed by atoms with Crippen molar-refractivity contribution in [1.82, 2.24) is 9.97 Å². The van der Waals surface area contributed by atoms with Crippen molar-refractivity contribution >= 4 is 34.7 Å². The zero-order chi connectivity index (χ0) is 21.0. The number of anilines is 4. The molecule has 7 nitrogen and oxygen atoms in total. The van der Waals surface area contributed by atoms with Gasteiger partial charge in [-0.2, -0.15) is 0 Å². The molecule has 148 valence electrons. The first kappa shape index (κ1) is 20.0. The zero-order valence-electron chi connectivity index (χ0n) is 16.8. The molecule has 0 fully saturated rings. The standard InChI is InChI=1S/C22H23N5O2/c1-13-8-14(2)21(15(3)9-13)27-20-11-19(23-12-24-20)22(29)26-18-7-5-6-17(10-18)25-16(4)28/h5-12H,1-4H3,(H,25,28)(H,26,29)(H,23,24,27). The molecule has 3 aromatic rings. The molecule has 0 saturated heterocycles. The number of nitrogens with zero attached hydrogens (tertiary/aromatic N) is 2. The van der Waals surface area contributed by atoms with Crippen molar-refractivity contribution in [3.8, 4) is 0 Å². The molecule has 1 heterocycles. The fourth-order valence-electron chi connectivity index (χ4n) is 3.13. The molecule has 0 aliphatic heterocycles. The maximum atomic E-state index is 12.6. The van der Waals surface area contributed by atoms with Crippen LogP contribution in [0.4, 0.5) is 22.9 Å². The van der Waals surface area contributed by atoms with E-state index in [2.05, 4.69) is 45.0 Å². The summed E-state index contributed by atoms with van der Waals surface area (Å²) in [7, 11) is 0. The van der Waals surface area contributed by atoms with Gasteiger partial charge in [-0.3, -0.25) is 9.59 Å². The lowest BCUT2D eigenvalue weighted by atomic mass is 10.1. The zero-order valence-corrected chi connectivity index (χ0v) is 16.8. The van der Waals surface area contributed by atoms with Crippen LogP contribution < -0.4 is 16.0 Å². The Hall–Kier alpha value is -3.74. The van der Waals surface area contributed by atoms with Crippen LogP contribution in [0.2, 0.25) is 0 Å². The van der Waals surface area contributed by atoms with E-state index in [4.69, 9.17) is 0 Å². The van der Waals surface area contributed by atoms with Crippen LogP contribution in [0.15, 0.2) is 48.8 Å². The lowest BCUT2D eigenvalue weighted by molar-refractivity contribution is -0.114. The molecule has 2 aromatic carbocycles. The Kier molecular flexibility index (Phi) is 5.87. The van der Waals surface area contributed by atoms with Crippen molar-refractivity contribution < 1.29 is 9.59 Å². The van der Waals surface area contributed by atoms with Gasteiger partial charge in [-0.15, -0.1) is 0 Å². The lowest BCUT2D eigenvalue weighted by Crippen LogP contribution is -2.15. The molecule has 7 heteroatoms. The van der Waals surface area contributed by atoms with E-state index in [0.717, 1.165) is 16.8 Å². The number of carbonyl (C=O) groups excluding carboxylic acids is 2. The number of nitrogens with one attached hydrogen (secondary N) is 3. The summed E-state index contributed by atoms with van der Waals surface area (Å²) in [5, 5.41) is 8.75. The van der Waals surface area contributed by atoms with Gasteiger partial charge in [-0.05, 0) is 50.1 Å². The molecule has 0 atom stereocenters. The highest BCUT2D eigenvalue weighted by Crippen LogP contribution is 2.25. The second kappa shape index (κ2) is 8.52. The van der Waals surface area contributed by atoms with Gasteiger partial charge in [0, 0.05) is 30.1 Å². The fourth-order valence-corrected chi connectivity index (χ4v) is 3.13. The lowest BCUT2D eigenvalue weighted by Gasteiger charge is -2.13. The van der Waals surface area contributed by atoms with Crippen molar-refractivity contribution in [3.63, 3.8) is 0 Å². The first-order valence-corrected chi connectivity index (χ1v) is 9.18. The Balaban J connectivity index is 1.77. The largest absolute Gasteiger partial charge is 0.340 e. The van der Waals surface area contributed by atoms with E-state index in [0.29, 0.717) is 17.2 Å². The first-order chi connectivity index (χ1) is 13.8. The van der Waals surface area contributed by atoms with Gasteiger partial charge in [0.2, 0.25) is 5.91 Å². The molecule has 1 aromatic heterocycles. The van der Waals surface area contributed by atoms with Gasteiger partial charge in [-0.25, -0.2) is 9.97 Å². The molecule has 3 N–H and O–H groups in total. The quantitative estimate of drug-likeness (QED) is 0.603. The smallest absolute Gasteiger partial charge is 0.274 e. The molecule has 0 bridgehead atoms. The van der Waals surface area contributed by atoms with Crippen LogP contribution in [-0.2, 0) is 4.79 Å². The molecular weight excluding hydrogens is 366 g/mol. The van der Waals surface area contributed by atoms with Crippen molar-refractivity contribution in [2.75, 3.05) is 16.0 Å². The number of hydrogen-bond donors (Lipinski definition) is 3. The SMILES string of the molecule is CC(=O)Nc1cccc(NC(=O)c2cc(Nc3c(C)cc(C)cc3C)ncn2)c1. The summed E-state index contributed by atoms with van der Waals surface area (Å²) in [4.78, 5) is 32.1. The number of carbonyl (C=O) groups is 2. The van der Waals surface area contributed by atoms with Crippen molar-refractivity contribution in [1.29, 1.82) is 0 Å². The summed E-state index contributed by atoms with van der Waals surface area (Å²) >= 11 is 0. The summed E-state index contributed by atoms with van der Waals surface area (Å²) in [6.07, 6.45) is 1.35. The van der Waals surface area contributed by atoms with E-state index in [9.17, 15) is 9.59 Å². The molecule has 0 radical (unpaired) electrons. The monoisotopic (exact) mass is 389 g/mol. The Morgan fingerprint density at radius 2 is 1.52 bits per heavy atom. The summed E-state index contributed by atoms with van der Waals surface area (Å²) in [5.41, 5.74) is 5.74. The fraction of sp³-hybridized carbons (Fsp3) is 0.182. The minimum atomic E-state index is -0.368. The highest BCUT2D eigenvalue weighted by molar-refractivity contribution is 6.03. The number of benzene rings is 2. The van der Waals surface area contributed by atoms with Gasteiger partial charge < -0.3 is 16.0 Å². The molecule has 29 heavy (non-hydrogen) atoms. The summed E-state index contributed by atoms with van der Waals surface area (Å²) < 4.78 is 0. The van der Waals surface area contributed by atoms with Gasteiger partial charge >= 0.3 is 0 Å². The van der Waals surface area contributed by atoms with Gasteiger partial charge in [0.25, 0.3) is 5.91 Å². The van der Waals surface area contributed by atoms with Crippen LogP contribution in [0, 0.1) is 20.8 Å². The Bertz CT molecular complexity index is 1060. The van der Waals surface area contributed by atoms with Crippen LogP contribution >= 0.6 is 0 Å². The van der Waals surface area contributed by atoms with Gasteiger partial charge in [0.15, 0.2) is 0 Å². The van der Waals surface area contributed by atoms with E-state index >= 15 is 0 Å². The van der Waals surface area contributed by atoms with Crippen molar-refractivity contribution in [2.24, 2.45) is 0 Å². The van der Waals surface area contributed by atoms with Crippen LogP contribution in [-0.4, -0.2) is 21.8 Å². The third-order valence-corrected chi connectivity index (χ3v) is 4.27. The summed E-state index contributed by atoms with van der Waals surface area (Å²) in [6.45, 7) is 7.54. The number of aromatic nitrogens is 2. The molecule has 0 aliphatic carbocycles. The molecule has 0 spiro atoms. The summed E-state index contributed by atoms with van der Waals surface area (Å²) in [5.74, 6) is -0.0124. The van der Waals surface area contributed by atoms with E-state index in [1.54, 1.807) is 30.3 Å². The van der Waals surface area contributed by atoms with E-state index < -0.39 is 0 Å². The maximum absolute atomic E-state index is 12.6. The number of amides is 2. The van der Waals surface area contributed by atoms with Crippen LogP contribution in [0.5, 0.6) is 0 Å². The van der Waals surface area contributed by atoms with Crippen molar-refractivity contribution in [2.45, 2.75) is 27.7 Å². The minimum absolute atomic E-state index is 0.179. The highest BCUT2D eigenvalue weighted by atomic mass is 16.2. The van der Waals surface area contributed by atoms with E-state index in [1.165, 1.54) is 18.8 Å². The Morgan fingerprint density at radius 3 is 2.17 bits per heavy atom. The molecule has 2 amide bonds. The topological polar surface area (TPSA) is 96.0 Å². The molecule has 0 unspecified atom stereocenters. The van der Waals surface area contributed by atoms with Crippen LogP contribution in [0.25, 0.3) is 0 Å². The highest BCUT2D eigenvalue weighted by Gasteiger charge is 2.11. The predicted octanol–water partition coefficient (Wildman–Crippen LogP) is 4.36. The van der Waals surface area contributed by atoms with Gasteiger partial charge in [0.05, 0.1) is 0 Å². The Labute approximate surface area is 169 Å². The number of rotatable bonds is 5. The van der Waals surface area contributed by atoms with Gasteiger partial charge in [-0.1, -0.05) is 23.8 Å². The summed E-state index contributed by atoms with van der Waals surface area (Å²) in [6, 6.07) is 12.7. The number of aryl methyl sites for hydroxylation is 3. The van der Waals surface area contributed by atoms with Gasteiger partial charge in [0.1, 0.15) is 17.8 Å². The second-order valence-electron chi connectivity index (χ2n) is 6.90. The second-order valence-corrected chi connectivity index (χ2v) is 6.90. The third-order valence-electron chi connectivity index (χ3n) is 4.27. The predicted molar refractivity (Wildman–Crippen MR) is 115 cm³/mol. The number of hydrogen-bond acceptors (Lipinski definition) is 5. The van der Waals surface area contributed by atoms with Crippen LogP contribution in [0.3, 0.4) is 0 Å². The maximum Gasteiger partial charge on any atom is 0.274 e. The van der Waals surface area contributed by atoms with Crippen LogP contribution in [0.1, 0.15) is 34.1 Å².